The summed E-state index contributed by atoms with van der Waals surface area (Å²) in [5.74, 6) is -0.225. The minimum atomic E-state index is -0.418. The van der Waals surface area contributed by atoms with E-state index in [0.717, 1.165) is 35.0 Å². The van der Waals surface area contributed by atoms with Crippen LogP contribution in [0.25, 0.3) is 0 Å². The molecule has 41 heavy (non-hydrogen) atoms. The van der Waals surface area contributed by atoms with Gasteiger partial charge < -0.3 is 14.2 Å². The molecule has 0 spiro atoms. The van der Waals surface area contributed by atoms with Gasteiger partial charge in [-0.1, -0.05) is 80.1 Å². The van der Waals surface area contributed by atoms with E-state index < -0.39 is 18.3 Å². The number of rotatable bonds is 12. The molecule has 1 saturated heterocycles. The molecular formula is C33H41BN2O5. The highest BCUT2D eigenvalue weighted by Gasteiger charge is 2.51. The molecule has 7 nitrogen and oxygen atoms in total. The van der Waals surface area contributed by atoms with Gasteiger partial charge in [0.2, 0.25) is 5.91 Å². The van der Waals surface area contributed by atoms with Gasteiger partial charge in [0.05, 0.1) is 24.2 Å². The zero-order valence-corrected chi connectivity index (χ0v) is 24.8. The molecule has 4 rings (SSSR count). The summed E-state index contributed by atoms with van der Waals surface area (Å²) in [6, 6.07) is 24.9. The lowest BCUT2D eigenvalue weighted by Crippen LogP contribution is -2.41. The SMILES string of the molecule is CCCCN(Cc1ccc(C(=O)NOCc2ccc(B3OC(C)(C)C(C)(C)O3)cc2)cc1)C(=O)Cc1ccccc1. The Hall–Kier alpha value is -3.46. The first-order valence-electron chi connectivity index (χ1n) is 14.4. The van der Waals surface area contributed by atoms with Crippen molar-refractivity contribution in [2.45, 2.75) is 78.2 Å². The molecular weight excluding hydrogens is 515 g/mol. The van der Waals surface area contributed by atoms with Crippen LogP contribution >= 0.6 is 0 Å². The average molecular weight is 557 g/mol. The number of nitrogens with one attached hydrogen (secondary N) is 1. The number of carbonyl (C=O) groups is 2. The van der Waals surface area contributed by atoms with Crippen LogP contribution < -0.4 is 10.9 Å². The number of hydroxylamine groups is 1. The Morgan fingerprint density at radius 2 is 1.44 bits per heavy atom. The van der Waals surface area contributed by atoms with Crippen molar-refractivity contribution < 1.29 is 23.7 Å². The molecule has 1 aliphatic rings. The van der Waals surface area contributed by atoms with Crippen molar-refractivity contribution in [2.24, 2.45) is 0 Å². The fourth-order valence-corrected chi connectivity index (χ4v) is 4.50. The molecule has 0 radical (unpaired) electrons. The van der Waals surface area contributed by atoms with Crippen LogP contribution in [0.15, 0.2) is 78.9 Å². The van der Waals surface area contributed by atoms with Crippen LogP contribution in [0, 0.1) is 0 Å². The Labute approximate surface area is 244 Å². The van der Waals surface area contributed by atoms with Gasteiger partial charge in [-0.3, -0.25) is 14.4 Å². The van der Waals surface area contributed by atoms with E-state index in [2.05, 4.69) is 12.4 Å². The highest BCUT2D eigenvalue weighted by Crippen LogP contribution is 2.36. The Morgan fingerprint density at radius 1 is 0.829 bits per heavy atom. The van der Waals surface area contributed by atoms with E-state index in [-0.39, 0.29) is 18.4 Å². The summed E-state index contributed by atoms with van der Waals surface area (Å²) in [6.07, 6.45) is 2.33. The number of carbonyl (C=O) groups excluding carboxylic acids is 2. The number of unbranched alkanes of at least 4 members (excludes halogenated alkanes) is 1. The second-order valence-electron chi connectivity index (χ2n) is 11.6. The third-order valence-corrected chi connectivity index (χ3v) is 7.83. The molecule has 3 aromatic rings. The first-order chi connectivity index (χ1) is 19.6. The quantitative estimate of drug-likeness (QED) is 0.245. The van der Waals surface area contributed by atoms with E-state index in [0.29, 0.717) is 25.1 Å². The lowest BCUT2D eigenvalue weighted by atomic mass is 9.79. The second-order valence-corrected chi connectivity index (χ2v) is 11.6. The van der Waals surface area contributed by atoms with Crippen molar-refractivity contribution in [2.75, 3.05) is 6.54 Å². The molecule has 8 heteroatoms. The standard InChI is InChI=1S/C33H41BN2O5/c1-6-7-21-36(30(37)22-25-11-9-8-10-12-25)23-26-13-17-28(18-14-26)31(38)35-39-24-27-15-19-29(20-16-27)34-40-32(2,3)33(4,5)41-34/h8-20H,6-7,21-24H2,1-5H3,(H,35,38). The normalized spacial score (nSPS) is 15.5. The van der Waals surface area contributed by atoms with Crippen LogP contribution in [0.3, 0.4) is 0 Å². The lowest BCUT2D eigenvalue weighted by Gasteiger charge is -2.32. The summed E-state index contributed by atoms with van der Waals surface area (Å²) in [7, 11) is -0.418. The van der Waals surface area contributed by atoms with E-state index >= 15 is 0 Å². The fourth-order valence-electron chi connectivity index (χ4n) is 4.50. The van der Waals surface area contributed by atoms with E-state index in [1.165, 1.54) is 0 Å². The molecule has 0 unspecified atom stereocenters. The monoisotopic (exact) mass is 556 g/mol. The number of nitrogens with zero attached hydrogens (tertiary/aromatic N) is 1. The minimum Gasteiger partial charge on any atom is -0.399 e. The van der Waals surface area contributed by atoms with Crippen LogP contribution in [0.5, 0.6) is 0 Å². The summed E-state index contributed by atoms with van der Waals surface area (Å²) in [4.78, 5) is 33.0. The average Bonchev–Trinajstić information content (AvgIpc) is 3.18. The Bertz CT molecular complexity index is 1280. The molecule has 1 aliphatic heterocycles. The minimum absolute atomic E-state index is 0.101. The van der Waals surface area contributed by atoms with Crippen LogP contribution in [-0.2, 0) is 38.5 Å². The Kier molecular flexibility index (Phi) is 10.0. The van der Waals surface area contributed by atoms with Crippen LogP contribution in [0.1, 0.15) is 74.5 Å². The fraction of sp³-hybridized carbons (Fsp3) is 0.394. The van der Waals surface area contributed by atoms with Gasteiger partial charge in [-0.15, -0.1) is 0 Å². The number of hydrogen-bond donors (Lipinski definition) is 1. The second kappa shape index (κ2) is 13.5. The van der Waals surface area contributed by atoms with Gasteiger partial charge in [-0.2, -0.15) is 0 Å². The van der Waals surface area contributed by atoms with Crippen LogP contribution in [0.4, 0.5) is 0 Å². The van der Waals surface area contributed by atoms with Gasteiger partial charge >= 0.3 is 7.12 Å². The topological polar surface area (TPSA) is 77.1 Å². The predicted octanol–water partition coefficient (Wildman–Crippen LogP) is 5.22. The molecule has 0 atom stereocenters. The zero-order chi connectivity index (χ0) is 29.5. The number of benzene rings is 3. The smallest absolute Gasteiger partial charge is 0.399 e. The predicted molar refractivity (Wildman–Crippen MR) is 161 cm³/mol. The van der Waals surface area contributed by atoms with Crippen molar-refractivity contribution in [3.8, 4) is 0 Å². The van der Waals surface area contributed by atoms with Crippen molar-refractivity contribution >= 4 is 24.4 Å². The molecule has 3 aromatic carbocycles. The highest BCUT2D eigenvalue weighted by molar-refractivity contribution is 6.62. The third kappa shape index (κ3) is 8.06. The summed E-state index contributed by atoms with van der Waals surface area (Å²) >= 11 is 0. The van der Waals surface area contributed by atoms with Crippen molar-refractivity contribution in [3.05, 3.63) is 101 Å². The van der Waals surface area contributed by atoms with E-state index in [4.69, 9.17) is 14.1 Å². The molecule has 0 aromatic heterocycles. The molecule has 216 valence electrons. The van der Waals surface area contributed by atoms with Crippen molar-refractivity contribution in [1.82, 2.24) is 10.4 Å². The number of amides is 2. The van der Waals surface area contributed by atoms with Gasteiger partial charge in [-0.25, -0.2) is 5.48 Å². The van der Waals surface area contributed by atoms with Gasteiger partial charge in [-0.05, 0) is 68.4 Å². The molecule has 0 aliphatic carbocycles. The van der Waals surface area contributed by atoms with E-state index in [1.54, 1.807) is 12.1 Å². The van der Waals surface area contributed by atoms with Crippen LogP contribution in [0.2, 0.25) is 0 Å². The lowest BCUT2D eigenvalue weighted by molar-refractivity contribution is -0.131. The first-order valence-corrected chi connectivity index (χ1v) is 14.4. The maximum absolute atomic E-state index is 13.0. The summed E-state index contributed by atoms with van der Waals surface area (Å²) < 4.78 is 12.2. The van der Waals surface area contributed by atoms with E-state index in [9.17, 15) is 9.59 Å². The summed E-state index contributed by atoms with van der Waals surface area (Å²) in [5.41, 5.74) is 6.05. The maximum atomic E-state index is 13.0. The Balaban J connectivity index is 1.26. The van der Waals surface area contributed by atoms with Gasteiger partial charge in [0.1, 0.15) is 0 Å². The highest BCUT2D eigenvalue weighted by atomic mass is 16.7. The molecule has 0 bridgehead atoms. The summed E-state index contributed by atoms with van der Waals surface area (Å²) in [5, 5.41) is 0. The first kappa shape index (κ1) is 30.5. The molecule has 1 N–H and O–H groups in total. The van der Waals surface area contributed by atoms with Crippen LogP contribution in [-0.4, -0.2) is 41.6 Å². The summed E-state index contributed by atoms with van der Waals surface area (Å²) in [6.45, 7) is 11.7. The van der Waals surface area contributed by atoms with Gasteiger partial charge in [0.25, 0.3) is 5.91 Å². The van der Waals surface area contributed by atoms with Crippen molar-refractivity contribution in [3.63, 3.8) is 0 Å². The van der Waals surface area contributed by atoms with Gasteiger partial charge in [0.15, 0.2) is 0 Å². The van der Waals surface area contributed by atoms with E-state index in [1.807, 2.05) is 99.3 Å². The van der Waals surface area contributed by atoms with Gasteiger partial charge in [0, 0.05) is 18.7 Å². The molecule has 0 saturated carbocycles. The molecule has 1 heterocycles. The maximum Gasteiger partial charge on any atom is 0.494 e. The third-order valence-electron chi connectivity index (χ3n) is 7.83. The largest absolute Gasteiger partial charge is 0.494 e. The molecule has 2 amide bonds. The Morgan fingerprint density at radius 3 is 2.05 bits per heavy atom. The number of hydrogen-bond acceptors (Lipinski definition) is 5. The molecule has 1 fully saturated rings. The zero-order valence-electron chi connectivity index (χ0n) is 24.8. The van der Waals surface area contributed by atoms with Crippen molar-refractivity contribution in [1.29, 1.82) is 0 Å².